The summed E-state index contributed by atoms with van der Waals surface area (Å²) in [4.78, 5) is 22.8. The fraction of sp³-hybridized carbons (Fsp3) is 0.462. The van der Waals surface area contributed by atoms with Gasteiger partial charge in [-0.1, -0.05) is 18.2 Å². The summed E-state index contributed by atoms with van der Waals surface area (Å²) in [5.74, 6) is 0. The summed E-state index contributed by atoms with van der Waals surface area (Å²) in [7, 11) is 0.377. The van der Waals surface area contributed by atoms with Crippen LogP contribution in [0, 0.1) is 10.1 Å². The number of rotatable bonds is 5. The molecule has 1 heterocycles. The highest BCUT2D eigenvalue weighted by molar-refractivity contribution is 6.64. The summed E-state index contributed by atoms with van der Waals surface area (Å²) in [6.07, 6.45) is 0.496. The van der Waals surface area contributed by atoms with Crippen LogP contribution in [0.2, 0.25) is 0 Å². The third kappa shape index (κ3) is 2.89. The van der Waals surface area contributed by atoms with E-state index in [4.69, 9.17) is 0 Å². The highest BCUT2D eigenvalue weighted by Gasteiger charge is 2.28. The normalized spacial score (nSPS) is 20.0. The number of carbonyl (C=O) groups is 1. The van der Waals surface area contributed by atoms with E-state index in [1.165, 1.54) is 0 Å². The van der Waals surface area contributed by atoms with E-state index in [-0.39, 0.29) is 6.04 Å². The summed E-state index contributed by atoms with van der Waals surface area (Å²) in [5.41, 5.74) is 2.66. The molecule has 0 radical (unpaired) electrons. The first-order valence-electron chi connectivity index (χ1n) is 6.63. The molecular formula is C13H17BN2O4. The Bertz CT molecular complexity index is 523. The zero-order valence-electron chi connectivity index (χ0n) is 11.4. The van der Waals surface area contributed by atoms with Crippen LogP contribution in [-0.2, 0) is 11.2 Å². The lowest BCUT2D eigenvalue weighted by Gasteiger charge is -2.35. The van der Waals surface area contributed by atoms with Crippen LogP contribution in [0.3, 0.4) is 0 Å². The minimum absolute atomic E-state index is 0.0757. The number of carbonyl (C=O) groups excluding carboxylic acids is 1. The summed E-state index contributed by atoms with van der Waals surface area (Å²) in [5, 5.41) is 20.5. The second kappa shape index (κ2) is 6.15. The second-order valence-electron chi connectivity index (χ2n) is 5.03. The number of aliphatic hydroxyl groups is 1. The maximum atomic E-state index is 10.7. The zero-order chi connectivity index (χ0) is 14.7. The molecule has 1 aliphatic heterocycles. The van der Waals surface area contributed by atoms with Gasteiger partial charge in [-0.25, -0.2) is 0 Å². The zero-order valence-corrected chi connectivity index (χ0v) is 11.4. The lowest BCUT2D eigenvalue weighted by atomic mass is 9.81. The predicted octanol–water partition coefficient (Wildman–Crippen LogP) is 0.457. The lowest BCUT2D eigenvalue weighted by molar-refractivity contribution is -0.491. The monoisotopic (exact) mass is 276 g/mol. The minimum Gasteiger partial charge on any atom is -0.382 e. The van der Waals surface area contributed by atoms with Crippen molar-refractivity contribution >= 4 is 13.6 Å². The number of fused-ring (bicyclic) bond motifs is 1. The molecule has 106 valence electrons. The Morgan fingerprint density at radius 3 is 3.05 bits per heavy atom. The van der Waals surface area contributed by atoms with Crippen LogP contribution in [0.5, 0.6) is 0 Å². The quantitative estimate of drug-likeness (QED) is 0.365. The first-order chi connectivity index (χ1) is 9.54. The molecule has 1 unspecified atom stereocenters. The van der Waals surface area contributed by atoms with E-state index in [9.17, 15) is 20.0 Å². The Morgan fingerprint density at radius 1 is 1.65 bits per heavy atom. The van der Waals surface area contributed by atoms with Crippen LogP contribution >= 0.6 is 0 Å². The van der Waals surface area contributed by atoms with E-state index in [0.717, 1.165) is 23.9 Å². The van der Waals surface area contributed by atoms with Crippen LogP contribution < -0.4 is 0 Å². The second-order valence-corrected chi connectivity index (χ2v) is 5.03. The van der Waals surface area contributed by atoms with E-state index in [1.807, 2.05) is 13.0 Å². The Labute approximate surface area is 117 Å². The predicted molar refractivity (Wildman–Crippen MR) is 76.0 cm³/mol. The summed E-state index contributed by atoms with van der Waals surface area (Å²) < 4.78 is 0. The molecule has 1 aliphatic rings. The van der Waals surface area contributed by atoms with Crippen molar-refractivity contribution in [3.63, 3.8) is 0 Å². The largest absolute Gasteiger partial charge is 0.382 e. The third-order valence-corrected chi connectivity index (χ3v) is 3.89. The van der Waals surface area contributed by atoms with Gasteiger partial charge in [0.05, 0.1) is 6.19 Å². The third-order valence-electron chi connectivity index (χ3n) is 3.89. The molecule has 1 aromatic rings. The first-order valence-corrected chi connectivity index (χ1v) is 6.63. The van der Waals surface area contributed by atoms with Crippen LogP contribution in [0.1, 0.15) is 35.8 Å². The number of nitrogens with zero attached hydrogens (tertiary/aromatic N) is 2. The average molecular weight is 276 g/mol. The van der Waals surface area contributed by atoms with Gasteiger partial charge in [-0.05, 0) is 36.6 Å². The van der Waals surface area contributed by atoms with Crippen LogP contribution in [0.25, 0.3) is 0 Å². The average Bonchev–Trinajstić information content (AvgIpc) is 2.41. The highest BCUT2D eigenvalue weighted by Crippen LogP contribution is 2.33. The van der Waals surface area contributed by atoms with Gasteiger partial charge in [-0.2, -0.15) is 0 Å². The van der Waals surface area contributed by atoms with Crippen molar-refractivity contribution in [1.82, 2.24) is 4.81 Å². The van der Waals surface area contributed by atoms with Crippen molar-refractivity contribution in [2.24, 2.45) is 0 Å². The number of nitro groups is 1. The minimum atomic E-state index is -1.08. The number of hydrogen-bond donors (Lipinski definition) is 1. The molecule has 0 aromatic heterocycles. The van der Waals surface area contributed by atoms with Crippen molar-refractivity contribution in [2.75, 3.05) is 13.1 Å². The Balaban J connectivity index is 2.31. The molecule has 0 spiro atoms. The molecular weight excluding hydrogens is 259 g/mol. The molecule has 0 fully saturated rings. The first kappa shape index (κ1) is 14.7. The van der Waals surface area contributed by atoms with E-state index in [2.05, 4.69) is 4.81 Å². The molecule has 6 nitrogen and oxygen atoms in total. The maximum absolute atomic E-state index is 10.7. The van der Waals surface area contributed by atoms with Crippen molar-refractivity contribution in [1.29, 1.82) is 0 Å². The number of aliphatic hydroxyl groups excluding tert-OH is 1. The molecule has 20 heavy (non-hydrogen) atoms. The van der Waals surface area contributed by atoms with Crippen molar-refractivity contribution in [3.8, 4) is 0 Å². The van der Waals surface area contributed by atoms with Gasteiger partial charge in [0.1, 0.15) is 6.10 Å². The van der Waals surface area contributed by atoms with Crippen LogP contribution in [0.15, 0.2) is 18.2 Å². The van der Waals surface area contributed by atoms with Crippen molar-refractivity contribution in [3.05, 3.63) is 45.0 Å². The molecule has 1 aromatic carbocycles. The van der Waals surface area contributed by atoms with E-state index in [0.29, 0.717) is 19.4 Å². The van der Waals surface area contributed by atoms with Gasteiger partial charge in [-0.3, -0.25) is 10.1 Å². The molecule has 0 bridgehead atoms. The van der Waals surface area contributed by atoms with Gasteiger partial charge in [0.15, 0.2) is 0 Å². The van der Waals surface area contributed by atoms with E-state index < -0.39 is 17.6 Å². The molecule has 7 heteroatoms. The fourth-order valence-electron chi connectivity index (χ4n) is 2.85. The topological polar surface area (TPSA) is 83.7 Å². The molecule has 2 rings (SSSR count). The summed E-state index contributed by atoms with van der Waals surface area (Å²) in [6, 6.07) is 5.58. The maximum Gasteiger partial charge on any atom is 0.281 e. The van der Waals surface area contributed by atoms with Gasteiger partial charge in [-0.15, -0.1) is 0 Å². The van der Waals surface area contributed by atoms with Crippen LogP contribution in [-0.4, -0.2) is 41.5 Å². The van der Waals surface area contributed by atoms with Gasteiger partial charge >= 0.3 is 0 Å². The Hall–Kier alpha value is -1.73. The Kier molecular flexibility index (Phi) is 4.51. The molecule has 0 saturated carbocycles. The smallest absolute Gasteiger partial charge is 0.281 e. The molecule has 1 N–H and O–H groups in total. The van der Waals surface area contributed by atoms with Gasteiger partial charge in [0.25, 0.3) is 7.41 Å². The van der Waals surface area contributed by atoms with Crippen molar-refractivity contribution < 1.29 is 14.8 Å². The Morgan fingerprint density at radius 2 is 2.40 bits per heavy atom. The van der Waals surface area contributed by atoms with Gasteiger partial charge < -0.3 is 14.7 Å². The van der Waals surface area contributed by atoms with Crippen molar-refractivity contribution in [2.45, 2.75) is 25.5 Å². The number of benzene rings is 1. The van der Waals surface area contributed by atoms with Gasteiger partial charge in [0, 0.05) is 11.0 Å². The molecule has 2 atom stereocenters. The fourth-order valence-corrected chi connectivity index (χ4v) is 2.85. The lowest BCUT2D eigenvalue weighted by Crippen LogP contribution is -2.38. The molecule has 0 amide bonds. The van der Waals surface area contributed by atoms with Gasteiger partial charge in [0.2, 0.25) is 6.54 Å². The summed E-state index contributed by atoms with van der Waals surface area (Å²) in [6.45, 7) is 2.24. The van der Waals surface area contributed by atoms with Crippen LogP contribution in [0.4, 0.5) is 0 Å². The molecule has 0 aliphatic carbocycles. The van der Waals surface area contributed by atoms with E-state index >= 15 is 0 Å². The SMILES string of the molecule is C[C@H]1c2cccc(C(O)C[N+](=O)[O-])c2CCN1BC=O. The van der Waals surface area contributed by atoms with E-state index in [1.54, 1.807) is 12.1 Å². The highest BCUT2D eigenvalue weighted by atomic mass is 16.6. The summed E-state index contributed by atoms with van der Waals surface area (Å²) >= 11 is 0. The standard InChI is InChI=1S/C13H17BN2O4/c1-9-10-3-2-4-12(13(18)7-16(19)20)11(10)5-6-15(9)14-8-17/h2-4,8-9,13-14,18H,5-7H2,1H3/t9-,13?/m0/s1. The molecule has 0 saturated heterocycles. The number of hydrogen-bond acceptors (Lipinski definition) is 5.